The molecule has 2 aromatic carbocycles. The van der Waals surface area contributed by atoms with Gasteiger partial charge in [-0.2, -0.15) is 0 Å². The molecule has 0 aliphatic rings. The molecule has 8 heteroatoms. The van der Waals surface area contributed by atoms with Gasteiger partial charge in [0.1, 0.15) is 0 Å². The lowest BCUT2D eigenvalue weighted by Gasteiger charge is -2.12. The number of aromatic amines is 1. The molecule has 25 heavy (non-hydrogen) atoms. The molecule has 0 saturated heterocycles. The lowest BCUT2D eigenvalue weighted by molar-refractivity contribution is 0.390. The number of H-pyrrole nitrogens is 1. The Morgan fingerprint density at radius 2 is 1.84 bits per heavy atom. The molecule has 0 unspecified atom stereocenters. The summed E-state index contributed by atoms with van der Waals surface area (Å²) < 4.78 is 11.7. The van der Waals surface area contributed by atoms with Crippen LogP contribution in [-0.2, 0) is 11.1 Å². The number of hydrogen-bond donors (Lipinski definition) is 4. The van der Waals surface area contributed by atoms with Crippen molar-refractivity contribution in [3.8, 4) is 11.3 Å². The van der Waals surface area contributed by atoms with E-state index in [0.29, 0.717) is 5.69 Å². The summed E-state index contributed by atoms with van der Waals surface area (Å²) in [6.07, 6.45) is 3.29. The summed E-state index contributed by atoms with van der Waals surface area (Å²) in [5.74, 6) is 0. The summed E-state index contributed by atoms with van der Waals surface area (Å²) in [6.45, 7) is 0.181. The maximum absolute atomic E-state index is 11.7. The molecule has 0 saturated carbocycles. The fourth-order valence-electron chi connectivity index (χ4n) is 2.23. The van der Waals surface area contributed by atoms with Crippen LogP contribution in [-0.4, -0.2) is 25.3 Å². The Balaban J connectivity index is 1.77. The summed E-state index contributed by atoms with van der Waals surface area (Å²) in [7, 11) is -4.52. The Morgan fingerprint density at radius 1 is 1.12 bits per heavy atom. The standard InChI is InChI=1S/C17H17N4O3P/c22-25(23,24)17(19-10-13-4-2-1-3-5-13)21-15-8-6-14(7-9-15)16-11-18-12-20-16/h1-9,11-12H,10H2,(H,18,20)(H,19,21)(H2,22,23,24). The quantitative estimate of drug-likeness (QED) is 0.319. The minimum atomic E-state index is -4.52. The molecule has 0 atom stereocenters. The number of nitrogens with one attached hydrogen (secondary N) is 2. The van der Waals surface area contributed by atoms with E-state index in [1.54, 1.807) is 24.7 Å². The van der Waals surface area contributed by atoms with E-state index in [4.69, 9.17) is 0 Å². The van der Waals surface area contributed by atoms with Gasteiger partial charge >= 0.3 is 7.60 Å². The fourth-order valence-corrected chi connectivity index (χ4v) is 2.76. The molecule has 0 fully saturated rings. The van der Waals surface area contributed by atoms with Gasteiger partial charge in [0.05, 0.1) is 24.8 Å². The van der Waals surface area contributed by atoms with Crippen LogP contribution in [0.4, 0.5) is 5.69 Å². The molecule has 3 rings (SSSR count). The van der Waals surface area contributed by atoms with E-state index in [1.807, 2.05) is 42.5 Å². The van der Waals surface area contributed by atoms with Crippen molar-refractivity contribution in [2.45, 2.75) is 6.54 Å². The van der Waals surface area contributed by atoms with E-state index in [2.05, 4.69) is 20.3 Å². The number of benzene rings is 2. The highest BCUT2D eigenvalue weighted by atomic mass is 31.2. The highest BCUT2D eigenvalue weighted by molar-refractivity contribution is 7.70. The monoisotopic (exact) mass is 356 g/mol. The van der Waals surface area contributed by atoms with Crippen LogP contribution in [0.15, 0.2) is 72.1 Å². The minimum Gasteiger partial charge on any atom is -0.345 e. The summed E-state index contributed by atoms with van der Waals surface area (Å²) >= 11 is 0. The second-order valence-electron chi connectivity index (χ2n) is 5.34. The van der Waals surface area contributed by atoms with Crippen LogP contribution in [0.3, 0.4) is 0 Å². The number of hydrogen-bond acceptors (Lipinski definition) is 3. The first-order valence-electron chi connectivity index (χ1n) is 7.53. The van der Waals surface area contributed by atoms with Gasteiger partial charge in [0.2, 0.25) is 5.58 Å². The number of aliphatic imine (C=N–C) groups is 1. The van der Waals surface area contributed by atoms with Crippen molar-refractivity contribution in [1.82, 2.24) is 9.97 Å². The van der Waals surface area contributed by atoms with Gasteiger partial charge < -0.3 is 20.1 Å². The normalized spacial score (nSPS) is 12.2. The van der Waals surface area contributed by atoms with Crippen molar-refractivity contribution in [3.05, 3.63) is 72.7 Å². The van der Waals surface area contributed by atoms with Crippen LogP contribution in [0.25, 0.3) is 11.3 Å². The first kappa shape index (κ1) is 17.1. The molecule has 0 radical (unpaired) electrons. The van der Waals surface area contributed by atoms with E-state index in [1.165, 1.54) is 0 Å². The summed E-state index contributed by atoms with van der Waals surface area (Å²) in [5.41, 5.74) is 2.83. The first-order valence-corrected chi connectivity index (χ1v) is 9.14. The largest absolute Gasteiger partial charge is 0.390 e. The molecule has 0 aliphatic carbocycles. The molecule has 4 N–H and O–H groups in total. The zero-order chi connectivity index (χ0) is 17.7. The molecule has 0 aliphatic heterocycles. The van der Waals surface area contributed by atoms with Gasteiger partial charge in [-0.1, -0.05) is 42.5 Å². The van der Waals surface area contributed by atoms with Gasteiger partial charge in [-0.25, -0.2) is 4.98 Å². The van der Waals surface area contributed by atoms with E-state index in [9.17, 15) is 14.4 Å². The van der Waals surface area contributed by atoms with Crippen LogP contribution in [0.1, 0.15) is 5.56 Å². The predicted octanol–water partition coefficient (Wildman–Crippen LogP) is 3.22. The van der Waals surface area contributed by atoms with Gasteiger partial charge in [0, 0.05) is 5.69 Å². The van der Waals surface area contributed by atoms with Crippen molar-refractivity contribution in [2.75, 3.05) is 5.32 Å². The number of rotatable bonds is 5. The van der Waals surface area contributed by atoms with Gasteiger partial charge in [-0.15, -0.1) is 0 Å². The molecular weight excluding hydrogens is 339 g/mol. The molecule has 1 heterocycles. The summed E-state index contributed by atoms with van der Waals surface area (Å²) in [5, 5.41) is 2.72. The van der Waals surface area contributed by atoms with E-state index < -0.39 is 7.60 Å². The molecule has 0 spiro atoms. The molecule has 1 aromatic heterocycles. The minimum absolute atomic E-state index is 0.181. The number of aromatic nitrogens is 2. The fraction of sp³-hybridized carbons (Fsp3) is 0.0588. The van der Waals surface area contributed by atoms with Crippen LogP contribution >= 0.6 is 7.60 Å². The zero-order valence-corrected chi connectivity index (χ0v) is 14.1. The maximum atomic E-state index is 11.7. The van der Waals surface area contributed by atoms with Crippen molar-refractivity contribution in [3.63, 3.8) is 0 Å². The second kappa shape index (κ2) is 7.44. The van der Waals surface area contributed by atoms with Gasteiger partial charge in [-0.3, -0.25) is 9.56 Å². The SMILES string of the molecule is O=P(O)(O)C(=NCc1ccccc1)Nc1ccc(-c2cnc[nH]2)cc1. The third-order valence-electron chi connectivity index (χ3n) is 3.48. The summed E-state index contributed by atoms with van der Waals surface area (Å²) in [6, 6.07) is 16.4. The van der Waals surface area contributed by atoms with Crippen molar-refractivity contribution in [2.24, 2.45) is 4.99 Å². The number of nitrogens with zero attached hydrogens (tertiary/aromatic N) is 2. The third kappa shape index (κ3) is 4.64. The second-order valence-corrected chi connectivity index (χ2v) is 6.85. The third-order valence-corrected chi connectivity index (χ3v) is 4.29. The predicted molar refractivity (Wildman–Crippen MR) is 97.3 cm³/mol. The zero-order valence-electron chi connectivity index (χ0n) is 13.2. The van der Waals surface area contributed by atoms with Crippen molar-refractivity contribution in [1.29, 1.82) is 0 Å². The Morgan fingerprint density at radius 3 is 2.44 bits per heavy atom. The van der Waals surface area contributed by atoms with E-state index in [-0.39, 0.29) is 12.1 Å². The Bertz CT molecular complexity index is 887. The molecule has 0 bridgehead atoms. The number of imidazole rings is 1. The lowest BCUT2D eigenvalue weighted by Crippen LogP contribution is -2.13. The van der Waals surface area contributed by atoms with E-state index >= 15 is 0 Å². The molecule has 0 amide bonds. The maximum Gasteiger partial charge on any atom is 0.390 e. The van der Waals surface area contributed by atoms with Crippen LogP contribution in [0.2, 0.25) is 0 Å². The molecular formula is C17H17N4O3P. The highest BCUT2D eigenvalue weighted by Gasteiger charge is 2.23. The average molecular weight is 356 g/mol. The van der Waals surface area contributed by atoms with Crippen LogP contribution in [0.5, 0.6) is 0 Å². The van der Waals surface area contributed by atoms with Crippen molar-refractivity contribution < 1.29 is 14.4 Å². The average Bonchev–Trinajstić information content (AvgIpc) is 3.13. The Hall–Kier alpha value is -2.73. The smallest absolute Gasteiger partial charge is 0.345 e. The van der Waals surface area contributed by atoms with Gasteiger partial charge in [0.15, 0.2) is 0 Å². The molecule has 3 aromatic rings. The highest BCUT2D eigenvalue weighted by Crippen LogP contribution is 2.37. The Labute approximate surface area is 144 Å². The lowest BCUT2D eigenvalue weighted by atomic mass is 10.1. The number of amidine groups is 1. The van der Waals surface area contributed by atoms with Crippen LogP contribution in [0, 0.1) is 0 Å². The van der Waals surface area contributed by atoms with E-state index in [0.717, 1.165) is 16.8 Å². The molecule has 7 nitrogen and oxygen atoms in total. The molecule has 128 valence electrons. The first-order chi connectivity index (χ1) is 12.0. The Kier molecular flexibility index (Phi) is 5.09. The van der Waals surface area contributed by atoms with Crippen molar-refractivity contribution >= 4 is 18.9 Å². The van der Waals surface area contributed by atoms with Gasteiger partial charge in [0.25, 0.3) is 0 Å². The summed E-state index contributed by atoms with van der Waals surface area (Å²) in [4.78, 5) is 30.1. The van der Waals surface area contributed by atoms with Gasteiger partial charge in [-0.05, 0) is 23.3 Å². The number of anilines is 1. The topological polar surface area (TPSA) is 111 Å². The van der Waals surface area contributed by atoms with Crippen LogP contribution < -0.4 is 5.32 Å².